The average Bonchev–Trinajstić information content (AvgIpc) is 2.62. The molecule has 0 aliphatic carbocycles. The molecule has 1 amide bonds. The number of aryl methyl sites for hydroxylation is 2. The molecule has 0 spiro atoms. The van der Waals surface area contributed by atoms with Crippen LogP contribution in [0.1, 0.15) is 41.8 Å². The van der Waals surface area contributed by atoms with Crippen molar-refractivity contribution in [3.05, 3.63) is 59.2 Å². The Morgan fingerprint density at radius 3 is 2.21 bits per heavy atom. The van der Waals surface area contributed by atoms with Crippen LogP contribution in [-0.4, -0.2) is 32.3 Å². The number of sulfonamides is 1. The van der Waals surface area contributed by atoms with E-state index in [4.69, 9.17) is 0 Å². The third kappa shape index (κ3) is 4.55. The monoisotopic (exact) mass is 400 g/mol. The number of carbonyl (C=O) groups is 1. The molecule has 5 nitrogen and oxygen atoms in total. The zero-order valence-corrected chi connectivity index (χ0v) is 17.7. The highest BCUT2D eigenvalue weighted by Gasteiger charge is 2.26. The number of amides is 1. The molecule has 0 bridgehead atoms. The van der Waals surface area contributed by atoms with E-state index in [1.165, 1.54) is 0 Å². The third-order valence-corrected chi connectivity index (χ3v) is 6.70. The third-order valence-electron chi connectivity index (χ3n) is 5.17. The van der Waals surface area contributed by atoms with Gasteiger partial charge in [-0.15, -0.1) is 0 Å². The molecule has 1 heterocycles. The molecule has 28 heavy (non-hydrogen) atoms. The van der Waals surface area contributed by atoms with Gasteiger partial charge in [0.15, 0.2) is 0 Å². The number of anilines is 1. The van der Waals surface area contributed by atoms with Crippen molar-refractivity contribution in [3.63, 3.8) is 0 Å². The summed E-state index contributed by atoms with van der Waals surface area (Å²) in [6.07, 6.45) is 1.14. The number of nitrogens with one attached hydrogen (secondary N) is 1. The van der Waals surface area contributed by atoms with Crippen molar-refractivity contribution >= 4 is 21.6 Å². The van der Waals surface area contributed by atoms with Gasteiger partial charge >= 0.3 is 0 Å². The number of piperidine rings is 1. The van der Waals surface area contributed by atoms with Gasteiger partial charge < -0.3 is 4.90 Å². The van der Waals surface area contributed by atoms with Crippen LogP contribution in [0.15, 0.2) is 47.4 Å². The first kappa shape index (κ1) is 20.4. The molecule has 6 heteroatoms. The van der Waals surface area contributed by atoms with Gasteiger partial charge in [-0.3, -0.25) is 9.52 Å². The molecule has 1 saturated heterocycles. The first-order chi connectivity index (χ1) is 13.2. The van der Waals surface area contributed by atoms with E-state index in [-0.39, 0.29) is 10.8 Å². The van der Waals surface area contributed by atoms with E-state index < -0.39 is 10.0 Å². The zero-order valence-electron chi connectivity index (χ0n) is 16.9. The first-order valence-corrected chi connectivity index (χ1v) is 11.1. The minimum absolute atomic E-state index is 0.00216. The predicted octanol–water partition coefficient (Wildman–Crippen LogP) is 4.22. The van der Waals surface area contributed by atoms with Crippen molar-refractivity contribution in [1.82, 2.24) is 4.90 Å². The van der Waals surface area contributed by atoms with Crippen molar-refractivity contribution in [2.75, 3.05) is 17.8 Å². The van der Waals surface area contributed by atoms with Crippen molar-refractivity contribution in [2.24, 2.45) is 11.8 Å². The molecular formula is C22H28N2O3S. The van der Waals surface area contributed by atoms with Crippen molar-refractivity contribution < 1.29 is 13.2 Å². The van der Waals surface area contributed by atoms with Gasteiger partial charge in [0.2, 0.25) is 0 Å². The SMILES string of the molecule is Cc1ccc(C)c(S(=O)(=O)Nc2ccc(C(=O)N3C[C@@H](C)C[C@H](C)C3)cc2)c1. The van der Waals surface area contributed by atoms with Gasteiger partial charge in [0, 0.05) is 24.3 Å². The van der Waals surface area contributed by atoms with Gasteiger partial charge in [-0.05, 0) is 73.6 Å². The Hall–Kier alpha value is -2.34. The molecule has 2 aromatic carbocycles. The minimum atomic E-state index is -3.68. The molecule has 0 unspecified atom stereocenters. The maximum atomic E-state index is 12.8. The molecule has 1 aliphatic rings. The van der Waals surface area contributed by atoms with Crippen molar-refractivity contribution in [2.45, 2.75) is 39.0 Å². The maximum Gasteiger partial charge on any atom is 0.262 e. The Balaban J connectivity index is 1.75. The molecule has 0 saturated carbocycles. The Labute approximate surface area is 167 Å². The number of nitrogens with zero attached hydrogens (tertiary/aromatic N) is 1. The number of carbonyl (C=O) groups excluding carboxylic acids is 1. The lowest BCUT2D eigenvalue weighted by molar-refractivity contribution is 0.0623. The lowest BCUT2D eigenvalue weighted by Gasteiger charge is -2.35. The summed E-state index contributed by atoms with van der Waals surface area (Å²) in [5.41, 5.74) is 2.60. The van der Waals surface area contributed by atoms with Crippen LogP contribution >= 0.6 is 0 Å². The van der Waals surface area contributed by atoms with Crippen LogP contribution in [0.5, 0.6) is 0 Å². The van der Waals surface area contributed by atoms with E-state index in [9.17, 15) is 13.2 Å². The fraction of sp³-hybridized carbons (Fsp3) is 0.409. The van der Waals surface area contributed by atoms with E-state index in [1.54, 1.807) is 43.3 Å². The van der Waals surface area contributed by atoms with Crippen LogP contribution in [0.25, 0.3) is 0 Å². The normalized spacial score (nSPS) is 20.1. The first-order valence-electron chi connectivity index (χ1n) is 9.65. The standard InChI is InChI=1S/C22H28N2O3S/c1-15-5-6-18(4)21(12-15)28(26,27)23-20-9-7-19(8-10-20)22(25)24-13-16(2)11-17(3)14-24/h5-10,12,16-17,23H,11,13-14H2,1-4H3/t16-,17-/m0/s1. The molecular weight excluding hydrogens is 372 g/mol. The largest absolute Gasteiger partial charge is 0.338 e. The van der Waals surface area contributed by atoms with Crippen LogP contribution < -0.4 is 4.72 Å². The zero-order chi connectivity index (χ0) is 20.5. The van der Waals surface area contributed by atoms with E-state index in [0.29, 0.717) is 28.7 Å². The van der Waals surface area contributed by atoms with Crippen molar-refractivity contribution in [1.29, 1.82) is 0 Å². The van der Waals surface area contributed by atoms with Crippen molar-refractivity contribution in [3.8, 4) is 0 Å². The van der Waals surface area contributed by atoms with E-state index in [2.05, 4.69) is 18.6 Å². The highest BCUT2D eigenvalue weighted by molar-refractivity contribution is 7.92. The van der Waals surface area contributed by atoms with E-state index in [1.807, 2.05) is 17.9 Å². The highest BCUT2D eigenvalue weighted by atomic mass is 32.2. The summed E-state index contributed by atoms with van der Waals surface area (Å²) in [6.45, 7) is 9.51. The van der Waals surface area contributed by atoms with Crippen LogP contribution in [0.2, 0.25) is 0 Å². The number of hydrogen-bond acceptors (Lipinski definition) is 3. The molecule has 150 valence electrons. The molecule has 1 N–H and O–H groups in total. The number of rotatable bonds is 4. The summed E-state index contributed by atoms with van der Waals surface area (Å²) >= 11 is 0. The smallest absolute Gasteiger partial charge is 0.262 e. The Morgan fingerprint density at radius 1 is 1.00 bits per heavy atom. The lowest BCUT2D eigenvalue weighted by atomic mass is 9.91. The Kier molecular flexibility index (Phi) is 5.79. The Bertz CT molecular complexity index is 958. The summed E-state index contributed by atoms with van der Waals surface area (Å²) < 4.78 is 28.1. The molecule has 2 aromatic rings. The van der Waals surface area contributed by atoms with E-state index >= 15 is 0 Å². The minimum Gasteiger partial charge on any atom is -0.338 e. The fourth-order valence-electron chi connectivity index (χ4n) is 3.90. The van der Waals surface area contributed by atoms with Crippen LogP contribution in [0.4, 0.5) is 5.69 Å². The van der Waals surface area contributed by atoms with Crippen LogP contribution in [0.3, 0.4) is 0 Å². The van der Waals surface area contributed by atoms with Gasteiger partial charge in [-0.1, -0.05) is 26.0 Å². The summed E-state index contributed by atoms with van der Waals surface area (Å²) in [5, 5.41) is 0. The van der Waals surface area contributed by atoms with Gasteiger partial charge in [0.05, 0.1) is 4.90 Å². The number of hydrogen-bond donors (Lipinski definition) is 1. The molecule has 0 radical (unpaired) electrons. The summed E-state index contributed by atoms with van der Waals surface area (Å²) in [7, 11) is -3.68. The molecule has 1 aliphatic heterocycles. The molecule has 0 aromatic heterocycles. The maximum absolute atomic E-state index is 12.8. The summed E-state index contributed by atoms with van der Waals surface area (Å²) in [5.74, 6) is 0.995. The molecule has 3 rings (SSSR count). The molecule has 2 atom stereocenters. The van der Waals surface area contributed by atoms with E-state index in [0.717, 1.165) is 25.1 Å². The van der Waals surface area contributed by atoms with Crippen LogP contribution in [-0.2, 0) is 10.0 Å². The summed E-state index contributed by atoms with van der Waals surface area (Å²) in [4.78, 5) is 14.9. The average molecular weight is 401 g/mol. The summed E-state index contributed by atoms with van der Waals surface area (Å²) in [6, 6.07) is 12.0. The Morgan fingerprint density at radius 2 is 1.61 bits per heavy atom. The number of likely N-dealkylation sites (tertiary alicyclic amines) is 1. The molecule has 1 fully saturated rings. The number of benzene rings is 2. The topological polar surface area (TPSA) is 66.5 Å². The second kappa shape index (κ2) is 7.95. The van der Waals surface area contributed by atoms with Gasteiger partial charge in [0.1, 0.15) is 0 Å². The van der Waals surface area contributed by atoms with Crippen LogP contribution in [0, 0.1) is 25.7 Å². The second-order valence-electron chi connectivity index (χ2n) is 8.11. The van der Waals surface area contributed by atoms with Gasteiger partial charge in [-0.2, -0.15) is 0 Å². The van der Waals surface area contributed by atoms with Gasteiger partial charge in [-0.25, -0.2) is 8.42 Å². The highest BCUT2D eigenvalue weighted by Crippen LogP contribution is 2.24. The quantitative estimate of drug-likeness (QED) is 0.835. The van der Waals surface area contributed by atoms with Gasteiger partial charge in [0.25, 0.3) is 15.9 Å². The fourth-order valence-corrected chi connectivity index (χ4v) is 5.29. The second-order valence-corrected chi connectivity index (χ2v) is 9.76. The predicted molar refractivity (Wildman–Crippen MR) is 112 cm³/mol. The lowest BCUT2D eigenvalue weighted by Crippen LogP contribution is -2.42.